The summed E-state index contributed by atoms with van der Waals surface area (Å²) in [6.45, 7) is 18.1. The van der Waals surface area contributed by atoms with E-state index in [1.807, 2.05) is 0 Å². The van der Waals surface area contributed by atoms with Gasteiger partial charge >= 0.3 is 0 Å². The van der Waals surface area contributed by atoms with Gasteiger partial charge in [0.2, 0.25) is 0 Å². The van der Waals surface area contributed by atoms with Gasteiger partial charge in [-0.1, -0.05) is 54.4 Å². The Morgan fingerprint density at radius 2 is 1.90 bits per heavy atom. The van der Waals surface area contributed by atoms with Gasteiger partial charge in [0.15, 0.2) is 0 Å². The van der Waals surface area contributed by atoms with Crippen LogP contribution in [-0.2, 0) is 0 Å². The normalized spacial score (nSPS) is 36.8. The Balaban J connectivity index is 2.03. The number of piperazine rings is 1. The van der Waals surface area contributed by atoms with Crippen molar-refractivity contribution in [2.45, 2.75) is 72.9 Å². The molecule has 4 atom stereocenters. The van der Waals surface area contributed by atoms with Gasteiger partial charge in [0, 0.05) is 31.7 Å². The summed E-state index contributed by atoms with van der Waals surface area (Å²) in [5.74, 6) is 2.63. The lowest BCUT2D eigenvalue weighted by Gasteiger charge is -2.47. The van der Waals surface area contributed by atoms with Crippen LogP contribution in [0.2, 0.25) is 0 Å². The van der Waals surface area contributed by atoms with Gasteiger partial charge in [0.05, 0.1) is 0 Å². The summed E-state index contributed by atoms with van der Waals surface area (Å²) in [5, 5.41) is 3.81. The summed E-state index contributed by atoms with van der Waals surface area (Å²) in [4.78, 5) is 2.82. The van der Waals surface area contributed by atoms with Crippen molar-refractivity contribution in [2.24, 2.45) is 23.2 Å². The second kappa shape index (κ2) is 6.36. The second-order valence-corrected chi connectivity index (χ2v) is 8.76. The second-order valence-electron chi connectivity index (χ2n) is 8.76. The first kappa shape index (κ1) is 16.3. The van der Waals surface area contributed by atoms with Gasteiger partial charge in [-0.3, -0.25) is 4.90 Å². The van der Waals surface area contributed by atoms with Gasteiger partial charge in [0.25, 0.3) is 0 Å². The van der Waals surface area contributed by atoms with E-state index in [1.165, 1.54) is 38.9 Å². The molecule has 4 unspecified atom stereocenters. The highest BCUT2D eigenvalue weighted by Crippen LogP contribution is 2.34. The first-order chi connectivity index (χ1) is 9.29. The SMILES string of the molecule is CC(C)C1CNC(C(C)(C)C)CN1CC1CCCC1C. The van der Waals surface area contributed by atoms with E-state index in [2.05, 4.69) is 51.8 Å². The van der Waals surface area contributed by atoms with Crippen molar-refractivity contribution >= 4 is 0 Å². The molecule has 2 aliphatic rings. The number of hydrogen-bond acceptors (Lipinski definition) is 2. The summed E-state index contributed by atoms with van der Waals surface area (Å²) in [7, 11) is 0. The third-order valence-corrected chi connectivity index (χ3v) is 5.78. The molecule has 0 aromatic heterocycles. The van der Waals surface area contributed by atoms with Crippen molar-refractivity contribution in [2.75, 3.05) is 19.6 Å². The maximum atomic E-state index is 3.81. The number of nitrogens with one attached hydrogen (secondary N) is 1. The molecule has 0 radical (unpaired) electrons. The fourth-order valence-corrected chi connectivity index (χ4v) is 4.07. The Hall–Kier alpha value is -0.0800. The molecule has 2 fully saturated rings. The summed E-state index contributed by atoms with van der Waals surface area (Å²) in [5.41, 5.74) is 0.363. The van der Waals surface area contributed by atoms with Crippen molar-refractivity contribution in [3.8, 4) is 0 Å². The summed E-state index contributed by atoms with van der Waals surface area (Å²) in [6.07, 6.45) is 4.36. The van der Waals surface area contributed by atoms with Gasteiger partial charge in [-0.15, -0.1) is 0 Å². The molecule has 0 amide bonds. The van der Waals surface area contributed by atoms with Crippen molar-refractivity contribution < 1.29 is 0 Å². The first-order valence-corrected chi connectivity index (χ1v) is 8.76. The lowest BCUT2D eigenvalue weighted by molar-refractivity contribution is 0.0466. The zero-order valence-electron chi connectivity index (χ0n) is 14.6. The standard InChI is InChI=1S/C18H36N2/c1-13(2)16-10-19-17(18(4,5)6)12-20(16)11-15-9-7-8-14(15)3/h13-17,19H,7-12H2,1-6H3. The van der Waals surface area contributed by atoms with E-state index >= 15 is 0 Å². The predicted octanol–water partition coefficient (Wildman–Crippen LogP) is 3.77. The average molecular weight is 280 g/mol. The van der Waals surface area contributed by atoms with E-state index in [0.717, 1.165) is 23.8 Å². The molecule has 2 heteroatoms. The highest BCUT2D eigenvalue weighted by atomic mass is 15.2. The molecule has 20 heavy (non-hydrogen) atoms. The maximum absolute atomic E-state index is 3.81. The number of nitrogens with zero attached hydrogens (tertiary/aromatic N) is 1. The first-order valence-electron chi connectivity index (χ1n) is 8.76. The van der Waals surface area contributed by atoms with Gasteiger partial charge in [-0.25, -0.2) is 0 Å². The maximum Gasteiger partial charge on any atom is 0.0244 e. The Bertz CT molecular complexity index is 303. The molecule has 1 saturated carbocycles. The molecule has 0 bridgehead atoms. The zero-order chi connectivity index (χ0) is 14.9. The quantitative estimate of drug-likeness (QED) is 0.846. The van der Waals surface area contributed by atoms with Crippen LogP contribution in [0.15, 0.2) is 0 Å². The van der Waals surface area contributed by atoms with Crippen LogP contribution in [0.5, 0.6) is 0 Å². The molecule has 1 saturated heterocycles. The van der Waals surface area contributed by atoms with Crippen LogP contribution in [0.1, 0.15) is 60.8 Å². The van der Waals surface area contributed by atoms with Crippen LogP contribution in [0.3, 0.4) is 0 Å². The molecular weight excluding hydrogens is 244 g/mol. The van der Waals surface area contributed by atoms with Gasteiger partial charge in [-0.2, -0.15) is 0 Å². The monoisotopic (exact) mass is 280 g/mol. The third-order valence-electron chi connectivity index (χ3n) is 5.78. The highest BCUT2D eigenvalue weighted by Gasteiger charge is 2.37. The Kier molecular flexibility index (Phi) is 5.18. The topological polar surface area (TPSA) is 15.3 Å². The minimum Gasteiger partial charge on any atom is -0.311 e. The molecule has 118 valence electrons. The van der Waals surface area contributed by atoms with E-state index in [1.54, 1.807) is 0 Å². The molecule has 0 aromatic rings. The van der Waals surface area contributed by atoms with Crippen molar-refractivity contribution in [1.82, 2.24) is 10.2 Å². The molecular formula is C18H36N2. The van der Waals surface area contributed by atoms with Crippen LogP contribution in [-0.4, -0.2) is 36.6 Å². The van der Waals surface area contributed by atoms with Crippen LogP contribution >= 0.6 is 0 Å². The largest absolute Gasteiger partial charge is 0.311 e. The van der Waals surface area contributed by atoms with E-state index < -0.39 is 0 Å². The van der Waals surface area contributed by atoms with Crippen molar-refractivity contribution in [3.63, 3.8) is 0 Å². The predicted molar refractivity (Wildman–Crippen MR) is 87.9 cm³/mol. The van der Waals surface area contributed by atoms with E-state index in [4.69, 9.17) is 0 Å². The van der Waals surface area contributed by atoms with Crippen LogP contribution in [0, 0.1) is 23.2 Å². The minimum absolute atomic E-state index is 0.363. The molecule has 0 aromatic carbocycles. The van der Waals surface area contributed by atoms with Crippen molar-refractivity contribution in [1.29, 1.82) is 0 Å². The number of hydrogen-bond donors (Lipinski definition) is 1. The average Bonchev–Trinajstić information content (AvgIpc) is 2.73. The fraction of sp³-hybridized carbons (Fsp3) is 1.00. The molecule has 1 aliphatic heterocycles. The Labute approximate surface area is 126 Å². The van der Waals surface area contributed by atoms with Crippen LogP contribution < -0.4 is 5.32 Å². The lowest BCUT2D eigenvalue weighted by Crippen LogP contribution is -2.62. The highest BCUT2D eigenvalue weighted by molar-refractivity contribution is 4.94. The Morgan fingerprint density at radius 1 is 1.20 bits per heavy atom. The van der Waals surface area contributed by atoms with Crippen molar-refractivity contribution in [3.05, 3.63) is 0 Å². The summed E-state index contributed by atoms with van der Waals surface area (Å²) < 4.78 is 0. The summed E-state index contributed by atoms with van der Waals surface area (Å²) in [6, 6.07) is 1.36. The number of rotatable bonds is 3. The van der Waals surface area contributed by atoms with Gasteiger partial charge in [-0.05, 0) is 29.6 Å². The summed E-state index contributed by atoms with van der Waals surface area (Å²) >= 11 is 0. The van der Waals surface area contributed by atoms with Crippen LogP contribution in [0.4, 0.5) is 0 Å². The fourth-order valence-electron chi connectivity index (χ4n) is 4.07. The molecule has 2 nitrogen and oxygen atoms in total. The van der Waals surface area contributed by atoms with Gasteiger partial charge in [0.1, 0.15) is 0 Å². The third kappa shape index (κ3) is 3.76. The van der Waals surface area contributed by atoms with E-state index in [9.17, 15) is 0 Å². The Morgan fingerprint density at radius 3 is 2.40 bits per heavy atom. The molecule has 1 heterocycles. The molecule has 2 rings (SSSR count). The van der Waals surface area contributed by atoms with Crippen LogP contribution in [0.25, 0.3) is 0 Å². The van der Waals surface area contributed by atoms with E-state index in [-0.39, 0.29) is 0 Å². The molecule has 1 aliphatic carbocycles. The van der Waals surface area contributed by atoms with E-state index in [0.29, 0.717) is 11.5 Å². The zero-order valence-corrected chi connectivity index (χ0v) is 14.6. The van der Waals surface area contributed by atoms with Gasteiger partial charge < -0.3 is 5.32 Å². The lowest BCUT2D eigenvalue weighted by atomic mass is 9.83. The molecule has 1 N–H and O–H groups in total. The smallest absolute Gasteiger partial charge is 0.0244 e. The minimum atomic E-state index is 0.363. The molecule has 0 spiro atoms.